The molecule has 0 aliphatic heterocycles. The lowest BCUT2D eigenvalue weighted by Crippen LogP contribution is -2.14. The van der Waals surface area contributed by atoms with Crippen LogP contribution < -0.4 is 0 Å². The summed E-state index contributed by atoms with van der Waals surface area (Å²) in [4.78, 5) is 0. The first-order valence-electron chi connectivity index (χ1n) is 5.56. The van der Waals surface area contributed by atoms with Gasteiger partial charge in [-0.2, -0.15) is 9.61 Å². The molecule has 84 valence electrons. The molecule has 1 saturated carbocycles. The molecule has 0 unspecified atom stereocenters. The fourth-order valence-corrected chi connectivity index (χ4v) is 2.25. The van der Waals surface area contributed by atoms with Crippen molar-refractivity contribution in [2.75, 3.05) is 0 Å². The maximum absolute atomic E-state index is 6.10. The van der Waals surface area contributed by atoms with E-state index in [1.165, 1.54) is 19.3 Å². The van der Waals surface area contributed by atoms with Gasteiger partial charge in [0.05, 0.1) is 0 Å². The smallest absolute Gasteiger partial charge is 0.181 e. The normalized spacial score (nSPS) is 16.7. The molecule has 2 aromatic rings. The summed E-state index contributed by atoms with van der Waals surface area (Å²) in [5.74, 6) is 1.48. The summed E-state index contributed by atoms with van der Waals surface area (Å²) < 4.78 is 1.81. The Morgan fingerprint density at radius 3 is 2.56 bits per heavy atom. The van der Waals surface area contributed by atoms with E-state index < -0.39 is 0 Å². The average molecular weight is 237 g/mol. The zero-order chi connectivity index (χ0) is 11.3. The first-order valence-corrected chi connectivity index (χ1v) is 5.94. The monoisotopic (exact) mass is 236 g/mol. The third-order valence-corrected chi connectivity index (χ3v) is 3.89. The van der Waals surface area contributed by atoms with E-state index in [9.17, 15) is 0 Å². The predicted molar refractivity (Wildman–Crippen MR) is 61.9 cm³/mol. The van der Waals surface area contributed by atoms with Crippen molar-refractivity contribution in [2.24, 2.45) is 0 Å². The van der Waals surface area contributed by atoms with E-state index in [1.807, 2.05) is 18.4 Å². The summed E-state index contributed by atoms with van der Waals surface area (Å²) >= 11 is 6.10. The molecule has 2 heterocycles. The number of rotatable bonds is 1. The molecule has 0 aromatic carbocycles. The lowest BCUT2D eigenvalue weighted by atomic mass is 9.85. The van der Waals surface area contributed by atoms with Crippen LogP contribution in [0.3, 0.4) is 0 Å². The minimum absolute atomic E-state index is 0.515. The molecule has 0 N–H and O–H groups in total. The Kier molecular flexibility index (Phi) is 2.14. The maximum Gasteiger partial charge on any atom is 0.181 e. The highest BCUT2D eigenvalue weighted by Crippen LogP contribution is 2.35. The Labute approximate surface area is 98.6 Å². The zero-order valence-electron chi connectivity index (χ0n) is 9.37. The molecule has 0 radical (unpaired) electrons. The molecule has 0 bridgehead atoms. The van der Waals surface area contributed by atoms with Gasteiger partial charge in [-0.3, -0.25) is 0 Å². The number of halogens is 1. The SMILES string of the molecule is Cc1c(Cl)nn2c(C3CCC3)nnc2c1C. The van der Waals surface area contributed by atoms with Crippen molar-refractivity contribution >= 4 is 17.2 Å². The maximum atomic E-state index is 6.10. The average Bonchev–Trinajstić information content (AvgIpc) is 2.56. The van der Waals surface area contributed by atoms with Crippen molar-refractivity contribution in [3.63, 3.8) is 0 Å². The van der Waals surface area contributed by atoms with E-state index in [1.54, 1.807) is 0 Å². The number of hydrogen-bond acceptors (Lipinski definition) is 3. The fourth-order valence-electron chi connectivity index (χ4n) is 2.03. The standard InChI is InChI=1S/C11H13ClN4/c1-6-7(2)10-13-14-11(8-4-3-5-8)16(10)15-9(6)12/h8H,3-5H2,1-2H3. The summed E-state index contributed by atoms with van der Waals surface area (Å²) in [6, 6.07) is 0. The lowest BCUT2D eigenvalue weighted by molar-refractivity contribution is 0.395. The molecule has 1 aliphatic rings. The highest BCUT2D eigenvalue weighted by molar-refractivity contribution is 6.30. The van der Waals surface area contributed by atoms with Crippen molar-refractivity contribution < 1.29 is 0 Å². The molecular formula is C11H13ClN4. The van der Waals surface area contributed by atoms with E-state index in [2.05, 4.69) is 15.3 Å². The predicted octanol–water partition coefficient (Wildman–Crippen LogP) is 2.66. The van der Waals surface area contributed by atoms with Gasteiger partial charge in [0.15, 0.2) is 16.6 Å². The van der Waals surface area contributed by atoms with Crippen LogP contribution in [0.1, 0.15) is 42.1 Å². The molecule has 5 heteroatoms. The third kappa shape index (κ3) is 1.26. The van der Waals surface area contributed by atoms with Crippen LogP contribution in [-0.4, -0.2) is 19.8 Å². The van der Waals surface area contributed by atoms with Crippen LogP contribution in [-0.2, 0) is 0 Å². The van der Waals surface area contributed by atoms with E-state index in [0.29, 0.717) is 11.1 Å². The highest BCUT2D eigenvalue weighted by Gasteiger charge is 2.26. The minimum atomic E-state index is 0.515. The molecule has 3 rings (SSSR count). The van der Waals surface area contributed by atoms with Crippen molar-refractivity contribution in [3.8, 4) is 0 Å². The molecular weight excluding hydrogens is 224 g/mol. The summed E-state index contributed by atoms with van der Waals surface area (Å²) in [6.45, 7) is 3.97. The number of fused-ring (bicyclic) bond motifs is 1. The summed E-state index contributed by atoms with van der Waals surface area (Å²) in [6.07, 6.45) is 3.65. The van der Waals surface area contributed by atoms with Crippen molar-refractivity contribution in [1.29, 1.82) is 0 Å². The summed E-state index contributed by atoms with van der Waals surface area (Å²) in [5, 5.41) is 13.4. The number of hydrogen-bond donors (Lipinski definition) is 0. The van der Waals surface area contributed by atoms with E-state index >= 15 is 0 Å². The van der Waals surface area contributed by atoms with Gasteiger partial charge in [-0.1, -0.05) is 18.0 Å². The number of aryl methyl sites for hydroxylation is 1. The van der Waals surface area contributed by atoms with Crippen LogP contribution in [0.5, 0.6) is 0 Å². The van der Waals surface area contributed by atoms with Gasteiger partial charge in [-0.05, 0) is 32.3 Å². The summed E-state index contributed by atoms with van der Waals surface area (Å²) in [7, 11) is 0. The molecule has 0 saturated heterocycles. The van der Waals surface area contributed by atoms with Gasteiger partial charge < -0.3 is 0 Å². The second-order valence-electron chi connectivity index (χ2n) is 4.46. The molecule has 4 nitrogen and oxygen atoms in total. The molecule has 1 fully saturated rings. The van der Waals surface area contributed by atoms with Gasteiger partial charge in [0.2, 0.25) is 0 Å². The fraction of sp³-hybridized carbons (Fsp3) is 0.545. The van der Waals surface area contributed by atoms with Crippen LogP contribution in [0.25, 0.3) is 5.65 Å². The van der Waals surface area contributed by atoms with Crippen LogP contribution in [0.2, 0.25) is 5.15 Å². The van der Waals surface area contributed by atoms with E-state index in [4.69, 9.17) is 11.6 Å². The van der Waals surface area contributed by atoms with Crippen LogP contribution in [0.15, 0.2) is 0 Å². The second kappa shape index (κ2) is 3.42. The highest BCUT2D eigenvalue weighted by atomic mass is 35.5. The van der Waals surface area contributed by atoms with Crippen molar-refractivity contribution in [3.05, 3.63) is 22.1 Å². The quantitative estimate of drug-likeness (QED) is 0.765. The zero-order valence-corrected chi connectivity index (χ0v) is 10.1. The molecule has 0 atom stereocenters. The van der Waals surface area contributed by atoms with Crippen molar-refractivity contribution in [2.45, 2.75) is 39.0 Å². The van der Waals surface area contributed by atoms with Crippen LogP contribution in [0.4, 0.5) is 0 Å². The molecule has 0 spiro atoms. The van der Waals surface area contributed by atoms with Gasteiger partial charge in [-0.25, -0.2) is 0 Å². The minimum Gasteiger partial charge on any atom is -0.195 e. The van der Waals surface area contributed by atoms with Crippen LogP contribution in [0, 0.1) is 13.8 Å². The Morgan fingerprint density at radius 2 is 1.94 bits per heavy atom. The summed E-state index contributed by atoms with van der Waals surface area (Å²) in [5.41, 5.74) is 2.89. The Morgan fingerprint density at radius 1 is 1.19 bits per heavy atom. The third-order valence-electron chi connectivity index (χ3n) is 3.53. The number of aromatic nitrogens is 4. The number of nitrogens with zero attached hydrogens (tertiary/aromatic N) is 4. The first-order chi connectivity index (χ1) is 7.68. The topological polar surface area (TPSA) is 43.1 Å². The largest absolute Gasteiger partial charge is 0.195 e. The lowest BCUT2D eigenvalue weighted by Gasteiger charge is -2.22. The Bertz CT molecular complexity index is 557. The molecule has 16 heavy (non-hydrogen) atoms. The molecule has 2 aromatic heterocycles. The van der Waals surface area contributed by atoms with Gasteiger partial charge in [0, 0.05) is 11.5 Å². The van der Waals surface area contributed by atoms with Gasteiger partial charge >= 0.3 is 0 Å². The van der Waals surface area contributed by atoms with Gasteiger partial charge in [0.1, 0.15) is 0 Å². The van der Waals surface area contributed by atoms with Crippen molar-refractivity contribution in [1.82, 2.24) is 19.8 Å². The van der Waals surface area contributed by atoms with Gasteiger partial charge in [-0.15, -0.1) is 10.2 Å². The van der Waals surface area contributed by atoms with Gasteiger partial charge in [0.25, 0.3) is 0 Å². The van der Waals surface area contributed by atoms with E-state index in [-0.39, 0.29) is 0 Å². The second-order valence-corrected chi connectivity index (χ2v) is 4.82. The molecule has 0 amide bonds. The first kappa shape index (κ1) is 10.0. The van der Waals surface area contributed by atoms with E-state index in [0.717, 1.165) is 22.6 Å². The van der Waals surface area contributed by atoms with Crippen LogP contribution >= 0.6 is 11.6 Å². The molecule has 1 aliphatic carbocycles. The Balaban J connectivity index is 2.26. The Hall–Kier alpha value is -1.16.